The van der Waals surface area contributed by atoms with Crippen molar-refractivity contribution in [2.45, 2.75) is 32.2 Å². The molecule has 1 atom stereocenters. The van der Waals surface area contributed by atoms with Gasteiger partial charge in [-0.15, -0.1) is 0 Å². The van der Waals surface area contributed by atoms with E-state index in [9.17, 15) is 14.4 Å². The van der Waals surface area contributed by atoms with Crippen molar-refractivity contribution in [1.82, 2.24) is 20.1 Å². The van der Waals surface area contributed by atoms with Gasteiger partial charge in [0, 0.05) is 36.6 Å². The second-order valence-electron chi connectivity index (χ2n) is 7.55. The summed E-state index contributed by atoms with van der Waals surface area (Å²) in [5, 5.41) is 3.76. The van der Waals surface area contributed by atoms with E-state index in [-0.39, 0.29) is 18.4 Å². The van der Waals surface area contributed by atoms with Crippen LogP contribution in [0.25, 0.3) is 10.9 Å². The van der Waals surface area contributed by atoms with Crippen molar-refractivity contribution in [2.24, 2.45) is 5.92 Å². The fourth-order valence-electron chi connectivity index (χ4n) is 3.88. The largest absolute Gasteiger partial charge is 0.361 e. The highest BCUT2D eigenvalue weighted by molar-refractivity contribution is 6.06. The Morgan fingerprint density at radius 1 is 1.19 bits per heavy atom. The lowest BCUT2D eigenvalue weighted by atomic mass is 9.99. The summed E-state index contributed by atoms with van der Waals surface area (Å²) in [5.41, 5.74) is 1.97. The number of imide groups is 1. The van der Waals surface area contributed by atoms with Gasteiger partial charge in [0.1, 0.15) is 12.6 Å². The minimum atomic E-state index is -0.633. The highest BCUT2D eigenvalue weighted by Crippen LogP contribution is 2.21. The molecule has 2 saturated heterocycles. The Labute approximate surface area is 157 Å². The fraction of sp³-hybridized carbons (Fsp3) is 0.450. The zero-order valence-corrected chi connectivity index (χ0v) is 15.4. The van der Waals surface area contributed by atoms with Gasteiger partial charge in [-0.1, -0.05) is 25.1 Å². The lowest BCUT2D eigenvalue weighted by Crippen LogP contribution is -2.46. The topological polar surface area (TPSA) is 85.5 Å². The third-order valence-corrected chi connectivity index (χ3v) is 5.64. The molecule has 0 radical (unpaired) electrons. The molecule has 7 nitrogen and oxygen atoms in total. The summed E-state index contributed by atoms with van der Waals surface area (Å²) in [6.07, 6.45) is 4.21. The van der Waals surface area contributed by atoms with Gasteiger partial charge < -0.3 is 15.2 Å². The van der Waals surface area contributed by atoms with Crippen molar-refractivity contribution < 1.29 is 14.4 Å². The van der Waals surface area contributed by atoms with Crippen LogP contribution in [0.3, 0.4) is 0 Å². The molecule has 4 rings (SSSR count). The normalized spacial score (nSPS) is 21.1. The molecular formula is C20H24N4O3. The summed E-state index contributed by atoms with van der Waals surface area (Å²) in [5.74, 6) is 0.133. The minimum Gasteiger partial charge on any atom is -0.361 e. The van der Waals surface area contributed by atoms with E-state index in [4.69, 9.17) is 0 Å². The molecule has 0 spiro atoms. The number of fused-ring (bicyclic) bond motifs is 1. The number of aromatic amines is 1. The molecule has 2 N–H and O–H groups in total. The zero-order chi connectivity index (χ0) is 19.0. The number of hydrogen-bond donors (Lipinski definition) is 2. The van der Waals surface area contributed by atoms with E-state index in [2.05, 4.69) is 17.2 Å². The van der Waals surface area contributed by atoms with Crippen LogP contribution in [0.15, 0.2) is 30.5 Å². The molecule has 3 heterocycles. The van der Waals surface area contributed by atoms with Crippen molar-refractivity contribution in [2.75, 3.05) is 19.6 Å². The smallest absolute Gasteiger partial charge is 0.325 e. The van der Waals surface area contributed by atoms with Gasteiger partial charge >= 0.3 is 6.03 Å². The van der Waals surface area contributed by atoms with Crippen molar-refractivity contribution in [3.8, 4) is 0 Å². The Hall–Kier alpha value is -2.83. The van der Waals surface area contributed by atoms with E-state index in [0.717, 1.165) is 34.2 Å². The Balaban J connectivity index is 1.42. The maximum Gasteiger partial charge on any atom is 0.325 e. The second-order valence-corrected chi connectivity index (χ2v) is 7.55. The van der Waals surface area contributed by atoms with E-state index >= 15 is 0 Å². The number of amides is 4. The molecule has 7 heteroatoms. The molecule has 0 bridgehead atoms. The number of nitrogens with one attached hydrogen (secondary N) is 2. The van der Waals surface area contributed by atoms with Gasteiger partial charge in [-0.25, -0.2) is 4.79 Å². The highest BCUT2D eigenvalue weighted by Gasteiger charge is 2.40. The molecule has 0 saturated carbocycles. The molecule has 27 heavy (non-hydrogen) atoms. The van der Waals surface area contributed by atoms with E-state index in [1.807, 2.05) is 30.5 Å². The Morgan fingerprint density at radius 2 is 1.93 bits per heavy atom. The van der Waals surface area contributed by atoms with Crippen molar-refractivity contribution >= 4 is 28.7 Å². The van der Waals surface area contributed by atoms with Gasteiger partial charge in [0.25, 0.3) is 5.91 Å². The van der Waals surface area contributed by atoms with Crippen LogP contribution in [0.4, 0.5) is 4.79 Å². The van der Waals surface area contributed by atoms with Crippen LogP contribution in [0.5, 0.6) is 0 Å². The number of benzene rings is 1. The number of piperidine rings is 1. The first-order chi connectivity index (χ1) is 13.0. The van der Waals surface area contributed by atoms with Crippen LogP contribution in [0.1, 0.15) is 25.3 Å². The maximum absolute atomic E-state index is 12.7. The molecule has 2 aromatic rings. The number of carbonyl (C=O) groups excluding carboxylic acids is 3. The molecule has 0 unspecified atom stereocenters. The summed E-state index contributed by atoms with van der Waals surface area (Å²) in [7, 11) is 0. The van der Waals surface area contributed by atoms with Gasteiger partial charge in [0.2, 0.25) is 5.91 Å². The van der Waals surface area contributed by atoms with Gasteiger partial charge in [-0.2, -0.15) is 0 Å². The fourth-order valence-corrected chi connectivity index (χ4v) is 3.88. The Bertz CT molecular complexity index is 882. The van der Waals surface area contributed by atoms with Crippen molar-refractivity contribution in [3.63, 3.8) is 0 Å². The van der Waals surface area contributed by atoms with Crippen LogP contribution >= 0.6 is 0 Å². The quantitative estimate of drug-likeness (QED) is 0.808. The van der Waals surface area contributed by atoms with Gasteiger partial charge in [-0.3, -0.25) is 14.5 Å². The predicted octanol–water partition coefficient (Wildman–Crippen LogP) is 1.89. The average Bonchev–Trinajstić information content (AvgIpc) is 3.19. The number of nitrogens with zero attached hydrogens (tertiary/aromatic N) is 2. The molecule has 2 aliphatic rings. The van der Waals surface area contributed by atoms with Crippen molar-refractivity contribution in [3.05, 3.63) is 36.0 Å². The maximum atomic E-state index is 12.7. The number of urea groups is 1. The lowest BCUT2D eigenvalue weighted by Gasteiger charge is -2.31. The first-order valence-corrected chi connectivity index (χ1v) is 9.47. The number of carbonyl (C=O) groups is 3. The van der Waals surface area contributed by atoms with Crippen LogP contribution in [0, 0.1) is 5.92 Å². The number of hydrogen-bond acceptors (Lipinski definition) is 3. The van der Waals surface area contributed by atoms with E-state index < -0.39 is 12.1 Å². The summed E-state index contributed by atoms with van der Waals surface area (Å²) >= 11 is 0. The minimum absolute atomic E-state index is 0.154. The number of likely N-dealkylation sites (tertiary alicyclic amines) is 1. The van der Waals surface area contributed by atoms with E-state index in [1.54, 1.807) is 4.90 Å². The number of aromatic nitrogens is 1. The summed E-state index contributed by atoms with van der Waals surface area (Å²) in [4.78, 5) is 43.5. The third-order valence-electron chi connectivity index (χ3n) is 5.64. The summed E-state index contributed by atoms with van der Waals surface area (Å²) in [6, 6.07) is 6.73. The monoisotopic (exact) mass is 368 g/mol. The van der Waals surface area contributed by atoms with Crippen molar-refractivity contribution in [1.29, 1.82) is 0 Å². The Kier molecular flexibility index (Phi) is 4.59. The zero-order valence-electron chi connectivity index (χ0n) is 15.4. The molecule has 4 amide bonds. The van der Waals surface area contributed by atoms with Gasteiger partial charge in [0.05, 0.1) is 0 Å². The summed E-state index contributed by atoms with van der Waals surface area (Å²) in [6.45, 7) is 3.39. The van der Waals surface area contributed by atoms with Crippen LogP contribution in [0.2, 0.25) is 0 Å². The predicted molar refractivity (Wildman–Crippen MR) is 101 cm³/mol. The van der Waals surface area contributed by atoms with E-state index in [1.165, 1.54) is 0 Å². The first-order valence-electron chi connectivity index (χ1n) is 9.47. The third kappa shape index (κ3) is 3.41. The van der Waals surface area contributed by atoms with Crippen LogP contribution in [-0.4, -0.2) is 58.3 Å². The number of para-hydroxylation sites is 1. The molecule has 0 aliphatic carbocycles. The molecule has 142 valence electrons. The molecule has 1 aromatic carbocycles. The van der Waals surface area contributed by atoms with Gasteiger partial charge in [0.15, 0.2) is 0 Å². The second kappa shape index (κ2) is 7.06. The van der Waals surface area contributed by atoms with Crippen LogP contribution in [-0.2, 0) is 16.0 Å². The SMILES string of the molecule is CC1CCN(C(=O)CN2C(=O)N[C@H](Cc3c[nH]c4ccccc34)C2=O)CC1. The summed E-state index contributed by atoms with van der Waals surface area (Å²) < 4.78 is 0. The highest BCUT2D eigenvalue weighted by atomic mass is 16.2. The van der Waals surface area contributed by atoms with Crippen LogP contribution < -0.4 is 5.32 Å². The molecule has 1 aromatic heterocycles. The number of H-pyrrole nitrogens is 1. The number of rotatable bonds is 4. The van der Waals surface area contributed by atoms with E-state index in [0.29, 0.717) is 25.4 Å². The molecule has 2 aliphatic heterocycles. The Morgan fingerprint density at radius 3 is 2.70 bits per heavy atom. The average molecular weight is 368 g/mol. The molecule has 2 fully saturated rings. The standard InChI is InChI=1S/C20H24N4O3/c1-13-6-8-23(9-7-13)18(25)12-24-19(26)17(22-20(24)27)10-14-11-21-16-5-3-2-4-15(14)16/h2-5,11,13,17,21H,6-10,12H2,1H3,(H,22,27)/t17-/m1/s1. The molecular weight excluding hydrogens is 344 g/mol. The first kappa shape index (κ1) is 17.6. The van der Waals surface area contributed by atoms with Gasteiger partial charge in [-0.05, 0) is 30.4 Å². The lowest BCUT2D eigenvalue weighted by molar-refractivity contribution is -0.138.